The summed E-state index contributed by atoms with van der Waals surface area (Å²) < 4.78 is 0. The Hall–Kier alpha value is -0.0800. The monoisotopic (exact) mass is 101 g/mol. The second-order valence-corrected chi connectivity index (χ2v) is 1.54. The summed E-state index contributed by atoms with van der Waals surface area (Å²) >= 11 is 0. The summed E-state index contributed by atoms with van der Waals surface area (Å²) in [5, 5.41) is 0. The van der Waals surface area contributed by atoms with Crippen LogP contribution in [0.3, 0.4) is 0 Å². The van der Waals surface area contributed by atoms with Crippen LogP contribution in [-0.4, -0.2) is 6.61 Å². The smallest absolute Gasteiger partial charge is 0.0720 e. The van der Waals surface area contributed by atoms with Crippen LogP contribution in [0.5, 0.6) is 0 Å². The minimum atomic E-state index is 0.480. The maximum Gasteiger partial charge on any atom is 0.0720 e. The van der Waals surface area contributed by atoms with Gasteiger partial charge in [0.25, 0.3) is 0 Å². The van der Waals surface area contributed by atoms with Crippen LogP contribution in [0, 0.1) is 0 Å². The van der Waals surface area contributed by atoms with Crippen LogP contribution in [0.25, 0.3) is 0 Å². The molecular weight excluding hydrogens is 90.1 g/mol. The van der Waals surface area contributed by atoms with Crippen LogP contribution in [0.2, 0.25) is 0 Å². The summed E-state index contributed by atoms with van der Waals surface area (Å²) in [7, 11) is 0. The molecule has 0 aromatic heterocycles. The van der Waals surface area contributed by atoms with Crippen LogP contribution in [0.15, 0.2) is 0 Å². The molecule has 0 rings (SSSR count). The predicted octanol–water partition coefficient (Wildman–Crippen LogP) is 1.18. The van der Waals surface area contributed by atoms with Gasteiger partial charge in [-0.1, -0.05) is 19.8 Å². The van der Waals surface area contributed by atoms with Crippen molar-refractivity contribution >= 4 is 0 Å². The molecule has 0 spiro atoms. The van der Waals surface area contributed by atoms with Crippen molar-refractivity contribution in [2.45, 2.75) is 26.2 Å². The van der Waals surface area contributed by atoms with E-state index >= 15 is 0 Å². The highest BCUT2D eigenvalue weighted by molar-refractivity contribution is 4.32. The molecular formula is C5H11NO. The van der Waals surface area contributed by atoms with Gasteiger partial charge in [-0.25, -0.2) is 0 Å². The van der Waals surface area contributed by atoms with Gasteiger partial charge >= 0.3 is 0 Å². The molecule has 2 heteroatoms. The zero-order chi connectivity index (χ0) is 5.54. The van der Waals surface area contributed by atoms with Crippen molar-refractivity contribution in [3.63, 3.8) is 0 Å². The summed E-state index contributed by atoms with van der Waals surface area (Å²) in [5.74, 6) is 7.79. The highest BCUT2D eigenvalue weighted by atomic mass is 16.6. The van der Waals surface area contributed by atoms with E-state index in [1.165, 1.54) is 6.42 Å². The minimum Gasteiger partial charge on any atom is -0.264 e. The maximum absolute atomic E-state index is 7.79. The Labute approximate surface area is 44.6 Å². The zero-order valence-corrected chi connectivity index (χ0v) is 4.68. The second-order valence-electron chi connectivity index (χ2n) is 1.54. The van der Waals surface area contributed by atoms with Gasteiger partial charge in [0.15, 0.2) is 0 Å². The Morgan fingerprint density at radius 3 is 2.57 bits per heavy atom. The van der Waals surface area contributed by atoms with Gasteiger partial charge in [-0.3, -0.25) is 4.84 Å². The van der Waals surface area contributed by atoms with Crippen LogP contribution < -0.4 is 5.90 Å². The van der Waals surface area contributed by atoms with E-state index in [2.05, 4.69) is 11.8 Å². The van der Waals surface area contributed by atoms with E-state index in [-0.39, 0.29) is 0 Å². The highest BCUT2D eigenvalue weighted by Crippen LogP contribution is 1.91. The first-order valence-corrected chi connectivity index (χ1v) is 2.68. The van der Waals surface area contributed by atoms with Gasteiger partial charge in [-0.2, -0.15) is 0 Å². The number of unbranched alkanes of at least 4 members (excludes halogenated alkanes) is 2. The summed E-state index contributed by atoms with van der Waals surface area (Å²) in [6.07, 6.45) is 3.27. The first-order valence-electron chi connectivity index (χ1n) is 2.68. The largest absolute Gasteiger partial charge is 0.264 e. The van der Waals surface area contributed by atoms with Gasteiger partial charge in [-0.15, -0.1) is 0 Å². The first kappa shape index (κ1) is 6.92. The molecule has 0 N–H and O–H groups in total. The van der Waals surface area contributed by atoms with E-state index < -0.39 is 0 Å². The lowest BCUT2D eigenvalue weighted by molar-refractivity contribution is 0.114. The molecule has 2 radical (unpaired) electrons. The summed E-state index contributed by atoms with van der Waals surface area (Å²) in [6, 6.07) is 0. The van der Waals surface area contributed by atoms with Crippen molar-refractivity contribution in [3.05, 3.63) is 0 Å². The van der Waals surface area contributed by atoms with Crippen molar-refractivity contribution in [3.8, 4) is 0 Å². The van der Waals surface area contributed by atoms with Gasteiger partial charge < -0.3 is 0 Å². The maximum atomic E-state index is 7.79. The molecule has 0 aromatic carbocycles. The molecule has 0 amide bonds. The van der Waals surface area contributed by atoms with Gasteiger partial charge in [-0.05, 0) is 6.42 Å². The molecule has 0 unspecified atom stereocenters. The Morgan fingerprint density at radius 1 is 1.43 bits per heavy atom. The molecule has 2 nitrogen and oxygen atoms in total. The van der Waals surface area contributed by atoms with Crippen LogP contribution in [0.1, 0.15) is 26.2 Å². The van der Waals surface area contributed by atoms with Crippen LogP contribution in [0.4, 0.5) is 0 Å². The summed E-state index contributed by atoms with van der Waals surface area (Å²) in [6.45, 7) is 2.59. The molecule has 0 heterocycles. The quantitative estimate of drug-likeness (QED) is 0.386. The number of nitrogens with zero attached hydrogens (tertiary/aromatic N) is 1. The number of hydrogen-bond donors (Lipinski definition) is 0. The molecule has 0 aromatic rings. The Kier molecular flexibility index (Phi) is 5.85. The fourth-order valence-corrected chi connectivity index (χ4v) is 0.417. The molecule has 7 heavy (non-hydrogen) atoms. The van der Waals surface area contributed by atoms with E-state index in [1.807, 2.05) is 0 Å². The van der Waals surface area contributed by atoms with E-state index in [1.54, 1.807) is 0 Å². The number of rotatable bonds is 4. The molecule has 0 saturated carbocycles. The third-order valence-corrected chi connectivity index (χ3v) is 0.839. The molecule has 0 saturated heterocycles. The zero-order valence-electron chi connectivity index (χ0n) is 4.68. The van der Waals surface area contributed by atoms with E-state index in [9.17, 15) is 0 Å². The average Bonchev–Trinajstić information content (AvgIpc) is 1.69. The van der Waals surface area contributed by atoms with Gasteiger partial charge in [0, 0.05) is 5.90 Å². The first-order chi connectivity index (χ1) is 3.41. The molecule has 0 atom stereocenters. The van der Waals surface area contributed by atoms with Crippen molar-refractivity contribution in [2.75, 3.05) is 6.61 Å². The molecule has 0 aliphatic heterocycles. The van der Waals surface area contributed by atoms with E-state index in [0.717, 1.165) is 12.8 Å². The van der Waals surface area contributed by atoms with E-state index in [4.69, 9.17) is 5.90 Å². The predicted molar refractivity (Wildman–Crippen MR) is 27.6 cm³/mol. The van der Waals surface area contributed by atoms with Gasteiger partial charge in [0.1, 0.15) is 0 Å². The topological polar surface area (TPSA) is 31.5 Å². The lowest BCUT2D eigenvalue weighted by Gasteiger charge is -1.89. The Balaban J connectivity index is 2.45. The Bertz CT molecular complexity index is 27.3. The summed E-state index contributed by atoms with van der Waals surface area (Å²) in [5.41, 5.74) is 0. The third kappa shape index (κ3) is 5.92. The fraction of sp³-hybridized carbons (Fsp3) is 1.00. The third-order valence-electron chi connectivity index (χ3n) is 0.839. The minimum absolute atomic E-state index is 0.480. The van der Waals surface area contributed by atoms with Crippen molar-refractivity contribution in [2.24, 2.45) is 0 Å². The Morgan fingerprint density at radius 2 is 2.14 bits per heavy atom. The summed E-state index contributed by atoms with van der Waals surface area (Å²) in [4.78, 5) is 3.84. The lowest BCUT2D eigenvalue weighted by Crippen LogP contribution is -1.88. The molecule has 0 aliphatic carbocycles. The molecule has 0 fully saturated rings. The van der Waals surface area contributed by atoms with Crippen molar-refractivity contribution in [1.29, 1.82) is 0 Å². The van der Waals surface area contributed by atoms with E-state index in [0.29, 0.717) is 6.61 Å². The van der Waals surface area contributed by atoms with Crippen molar-refractivity contribution in [1.82, 2.24) is 5.90 Å². The normalized spacial score (nSPS) is 9.43. The average molecular weight is 101 g/mol. The SMILES string of the molecule is CCCCCO[N]. The van der Waals surface area contributed by atoms with Crippen LogP contribution in [-0.2, 0) is 4.84 Å². The number of hydrogen-bond acceptors (Lipinski definition) is 1. The lowest BCUT2D eigenvalue weighted by atomic mass is 10.3. The van der Waals surface area contributed by atoms with Crippen LogP contribution >= 0.6 is 0 Å². The van der Waals surface area contributed by atoms with Crippen molar-refractivity contribution < 1.29 is 4.84 Å². The second kappa shape index (κ2) is 5.92. The van der Waals surface area contributed by atoms with Gasteiger partial charge in [0.2, 0.25) is 0 Å². The fourth-order valence-electron chi connectivity index (χ4n) is 0.417. The molecule has 0 aliphatic rings. The standard InChI is InChI=1S/C5H11NO/c1-2-3-4-5-7-6/h2-5H2,1H3. The molecule has 42 valence electrons. The highest BCUT2D eigenvalue weighted by Gasteiger charge is 1.81. The van der Waals surface area contributed by atoms with Gasteiger partial charge in [0.05, 0.1) is 6.61 Å². The molecule has 0 bridgehead atoms.